The van der Waals surface area contributed by atoms with E-state index in [1.807, 2.05) is 13.0 Å². The molecule has 1 heterocycles. The lowest BCUT2D eigenvalue weighted by Gasteiger charge is -2.36. The summed E-state index contributed by atoms with van der Waals surface area (Å²) >= 11 is 0. The van der Waals surface area contributed by atoms with Crippen molar-refractivity contribution in [3.8, 4) is 5.75 Å². The summed E-state index contributed by atoms with van der Waals surface area (Å²) in [6.45, 7) is 9.34. The van der Waals surface area contributed by atoms with E-state index in [4.69, 9.17) is 9.47 Å². The summed E-state index contributed by atoms with van der Waals surface area (Å²) in [6.07, 6.45) is 0.710. The maximum absolute atomic E-state index is 13.5. The molecule has 2 N–H and O–H groups in total. The van der Waals surface area contributed by atoms with Crippen molar-refractivity contribution >= 4 is 17.6 Å². The lowest BCUT2D eigenvalue weighted by Crippen LogP contribution is -2.46. The van der Waals surface area contributed by atoms with Gasteiger partial charge in [-0.25, -0.2) is 4.79 Å². The van der Waals surface area contributed by atoms with E-state index < -0.39 is 0 Å². The summed E-state index contributed by atoms with van der Waals surface area (Å²) in [6, 6.07) is 15.4. The molecule has 2 aromatic rings. The Bertz CT molecular complexity index is 1000. The number of hydrogen-bond donors (Lipinski definition) is 2. The normalized spacial score (nSPS) is 21.5. The zero-order valence-electron chi connectivity index (χ0n) is 22.1. The Morgan fingerprint density at radius 1 is 1.14 bits per heavy atom. The van der Waals surface area contributed by atoms with Gasteiger partial charge in [-0.2, -0.15) is 0 Å². The van der Waals surface area contributed by atoms with E-state index in [0.717, 1.165) is 19.5 Å². The van der Waals surface area contributed by atoms with Gasteiger partial charge in [0.05, 0.1) is 11.7 Å². The number of nitrogens with one attached hydrogen (secondary N) is 2. The molecule has 1 aliphatic heterocycles. The van der Waals surface area contributed by atoms with Gasteiger partial charge in [-0.3, -0.25) is 9.69 Å². The fourth-order valence-corrected chi connectivity index (χ4v) is 4.38. The molecule has 8 nitrogen and oxygen atoms in total. The first-order chi connectivity index (χ1) is 17.3. The summed E-state index contributed by atoms with van der Waals surface area (Å²) in [4.78, 5) is 29.7. The third-order valence-corrected chi connectivity index (χ3v) is 6.60. The van der Waals surface area contributed by atoms with Crippen LogP contribution in [0.3, 0.4) is 0 Å². The van der Waals surface area contributed by atoms with E-state index in [1.54, 1.807) is 37.3 Å². The van der Waals surface area contributed by atoms with Crippen molar-refractivity contribution in [2.45, 2.75) is 45.9 Å². The van der Waals surface area contributed by atoms with Crippen LogP contribution in [0.5, 0.6) is 5.75 Å². The molecule has 3 rings (SSSR count). The number of carbonyl (C=O) groups is 2. The molecule has 1 aliphatic rings. The van der Waals surface area contributed by atoms with Crippen molar-refractivity contribution in [3.05, 3.63) is 59.7 Å². The van der Waals surface area contributed by atoms with Crippen LogP contribution in [-0.2, 0) is 11.3 Å². The van der Waals surface area contributed by atoms with E-state index in [1.165, 1.54) is 5.56 Å². The van der Waals surface area contributed by atoms with Crippen LogP contribution in [0.25, 0.3) is 0 Å². The number of fused-ring (bicyclic) bond motifs is 1. The Labute approximate surface area is 214 Å². The van der Waals surface area contributed by atoms with Crippen LogP contribution in [0.2, 0.25) is 0 Å². The molecule has 36 heavy (non-hydrogen) atoms. The number of benzene rings is 2. The van der Waals surface area contributed by atoms with Crippen LogP contribution >= 0.6 is 0 Å². The SMILES string of the molecule is CCCNC(=O)Nc1ccc2c(c1)C(=O)N(C)C[C@@H](OC)[C@H](C)CN(Cc1ccccc1)[C@H](C)CO2. The van der Waals surface area contributed by atoms with Crippen molar-refractivity contribution in [3.63, 3.8) is 0 Å². The number of amides is 3. The molecule has 0 bridgehead atoms. The molecule has 0 radical (unpaired) electrons. The van der Waals surface area contributed by atoms with Crippen molar-refractivity contribution in [2.24, 2.45) is 5.92 Å². The quantitative estimate of drug-likeness (QED) is 0.626. The molecule has 0 spiro atoms. The fraction of sp³-hybridized carbons (Fsp3) is 0.500. The second-order valence-electron chi connectivity index (χ2n) is 9.60. The van der Waals surface area contributed by atoms with Gasteiger partial charge in [0.1, 0.15) is 12.4 Å². The first kappa shape index (κ1) is 27.5. The van der Waals surface area contributed by atoms with Gasteiger partial charge in [-0.15, -0.1) is 0 Å². The number of hydrogen-bond acceptors (Lipinski definition) is 5. The third-order valence-electron chi connectivity index (χ3n) is 6.60. The first-order valence-electron chi connectivity index (χ1n) is 12.7. The Balaban J connectivity index is 1.89. The van der Waals surface area contributed by atoms with Gasteiger partial charge < -0.3 is 25.0 Å². The number of ether oxygens (including phenoxy) is 2. The predicted molar refractivity (Wildman–Crippen MR) is 142 cm³/mol. The minimum Gasteiger partial charge on any atom is -0.491 e. The fourth-order valence-electron chi connectivity index (χ4n) is 4.38. The molecular weight excluding hydrogens is 456 g/mol. The zero-order valence-corrected chi connectivity index (χ0v) is 22.1. The van der Waals surface area contributed by atoms with Gasteiger partial charge >= 0.3 is 6.03 Å². The van der Waals surface area contributed by atoms with Gasteiger partial charge in [0.15, 0.2) is 0 Å². The van der Waals surface area contributed by atoms with Gasteiger partial charge in [-0.1, -0.05) is 44.2 Å². The lowest BCUT2D eigenvalue weighted by atomic mass is 10.0. The summed E-state index contributed by atoms with van der Waals surface area (Å²) in [5, 5.41) is 5.60. The number of nitrogens with zero attached hydrogens (tertiary/aromatic N) is 2. The summed E-state index contributed by atoms with van der Waals surface area (Å²) in [7, 11) is 3.47. The molecule has 0 aromatic heterocycles. The van der Waals surface area contributed by atoms with Crippen LogP contribution in [0.4, 0.5) is 10.5 Å². The van der Waals surface area contributed by atoms with Crippen LogP contribution in [-0.4, -0.2) is 74.3 Å². The lowest BCUT2D eigenvalue weighted by molar-refractivity contribution is 0.00921. The van der Waals surface area contributed by atoms with E-state index in [-0.39, 0.29) is 30.0 Å². The zero-order chi connectivity index (χ0) is 26.1. The number of methoxy groups -OCH3 is 1. The Morgan fingerprint density at radius 2 is 1.89 bits per heavy atom. The minimum atomic E-state index is -0.301. The molecule has 0 aliphatic carbocycles. The van der Waals surface area contributed by atoms with Crippen molar-refractivity contribution in [1.29, 1.82) is 0 Å². The van der Waals surface area contributed by atoms with Gasteiger partial charge in [0, 0.05) is 52.1 Å². The van der Waals surface area contributed by atoms with E-state index >= 15 is 0 Å². The van der Waals surface area contributed by atoms with Crippen LogP contribution in [0.15, 0.2) is 48.5 Å². The maximum atomic E-state index is 13.5. The maximum Gasteiger partial charge on any atom is 0.319 e. The minimum absolute atomic E-state index is 0.0999. The average molecular weight is 497 g/mol. The topological polar surface area (TPSA) is 83.1 Å². The molecule has 8 heteroatoms. The van der Waals surface area contributed by atoms with Gasteiger partial charge in [0.25, 0.3) is 5.91 Å². The summed E-state index contributed by atoms with van der Waals surface area (Å²) < 4.78 is 12.1. The highest BCUT2D eigenvalue weighted by molar-refractivity contribution is 5.99. The number of rotatable bonds is 6. The predicted octanol–water partition coefficient (Wildman–Crippen LogP) is 4.22. The van der Waals surface area contributed by atoms with E-state index in [0.29, 0.717) is 36.7 Å². The molecule has 0 fully saturated rings. The molecule has 0 saturated heterocycles. The largest absolute Gasteiger partial charge is 0.491 e. The Kier molecular flexibility index (Phi) is 10.1. The average Bonchev–Trinajstić information content (AvgIpc) is 2.88. The highest BCUT2D eigenvalue weighted by atomic mass is 16.5. The van der Waals surface area contributed by atoms with Crippen molar-refractivity contribution in [2.75, 3.05) is 45.7 Å². The monoisotopic (exact) mass is 496 g/mol. The highest BCUT2D eigenvalue weighted by Gasteiger charge is 2.28. The summed E-state index contributed by atoms with van der Waals surface area (Å²) in [5.74, 6) is 0.511. The number of anilines is 1. The van der Waals surface area contributed by atoms with Crippen LogP contribution in [0, 0.1) is 5.92 Å². The molecule has 3 amide bonds. The van der Waals surface area contributed by atoms with Crippen molar-refractivity contribution < 1.29 is 19.1 Å². The highest BCUT2D eigenvalue weighted by Crippen LogP contribution is 2.27. The van der Waals surface area contributed by atoms with Gasteiger partial charge in [-0.05, 0) is 43.0 Å². The van der Waals surface area contributed by atoms with Crippen LogP contribution < -0.4 is 15.4 Å². The molecule has 2 aromatic carbocycles. The first-order valence-corrected chi connectivity index (χ1v) is 12.7. The van der Waals surface area contributed by atoms with Crippen LogP contribution in [0.1, 0.15) is 43.1 Å². The second kappa shape index (κ2) is 13.3. The van der Waals surface area contributed by atoms with Crippen molar-refractivity contribution in [1.82, 2.24) is 15.1 Å². The number of carbonyl (C=O) groups excluding carboxylic acids is 2. The Morgan fingerprint density at radius 3 is 2.58 bits per heavy atom. The summed E-state index contributed by atoms with van der Waals surface area (Å²) in [5.41, 5.74) is 2.19. The smallest absolute Gasteiger partial charge is 0.319 e. The molecule has 196 valence electrons. The molecule has 3 atom stereocenters. The van der Waals surface area contributed by atoms with E-state index in [9.17, 15) is 9.59 Å². The third kappa shape index (κ3) is 7.45. The number of likely N-dealkylation sites (N-methyl/N-ethyl adjacent to an activating group) is 1. The van der Waals surface area contributed by atoms with E-state index in [2.05, 4.69) is 53.6 Å². The molecule has 0 unspecified atom stereocenters. The molecular formula is C28H40N4O4. The Hall–Kier alpha value is -3.10. The molecule has 0 saturated carbocycles. The number of urea groups is 1. The van der Waals surface area contributed by atoms with Gasteiger partial charge in [0.2, 0.25) is 0 Å². The standard InChI is InChI=1S/C28H40N4O4/c1-6-14-29-28(34)30-23-12-13-25-24(15-23)27(33)31(4)18-26(35-5)20(2)16-32(21(3)19-36-25)17-22-10-8-7-9-11-22/h7-13,15,20-21,26H,6,14,16-19H2,1-5H3,(H2,29,30,34)/t20-,21-,26-/m1/s1. The second-order valence-corrected chi connectivity index (χ2v) is 9.60.